The largest absolute Gasteiger partial charge is 0.507 e. The molecule has 3 heterocycles. The number of amides is 1. The number of halogens is 2. The monoisotopic (exact) mass is 592 g/mol. The van der Waals surface area contributed by atoms with Gasteiger partial charge in [0.25, 0.3) is 11.5 Å². The summed E-state index contributed by atoms with van der Waals surface area (Å²) in [4.78, 5) is 28.2. The molecular formula is C26H18Br2N4O3. The fourth-order valence-corrected chi connectivity index (χ4v) is 5.83. The van der Waals surface area contributed by atoms with Crippen LogP contribution >= 0.6 is 31.9 Å². The molecule has 1 aromatic heterocycles. The van der Waals surface area contributed by atoms with Gasteiger partial charge in [-0.05, 0) is 62.4 Å². The highest BCUT2D eigenvalue weighted by Gasteiger charge is 2.59. The molecule has 9 heteroatoms. The van der Waals surface area contributed by atoms with Crippen LogP contribution in [0.15, 0.2) is 85.6 Å². The summed E-state index contributed by atoms with van der Waals surface area (Å²) in [5, 5.41) is 16.6. The van der Waals surface area contributed by atoms with E-state index in [1.54, 1.807) is 42.8 Å². The lowest BCUT2D eigenvalue weighted by Crippen LogP contribution is -2.48. The summed E-state index contributed by atoms with van der Waals surface area (Å²) in [5.41, 5.74) is 2.09. The van der Waals surface area contributed by atoms with Gasteiger partial charge in [0.15, 0.2) is 0 Å². The average molecular weight is 594 g/mol. The molecule has 0 saturated carbocycles. The van der Waals surface area contributed by atoms with E-state index in [9.17, 15) is 14.7 Å². The lowest BCUT2D eigenvalue weighted by atomic mass is 9.85. The lowest BCUT2D eigenvalue weighted by molar-refractivity contribution is -0.122. The number of para-hydroxylation sites is 1. The van der Waals surface area contributed by atoms with Crippen molar-refractivity contribution < 1.29 is 9.90 Å². The van der Waals surface area contributed by atoms with E-state index in [0.717, 1.165) is 8.95 Å². The highest BCUT2D eigenvalue weighted by molar-refractivity contribution is 9.10. The molecule has 0 aliphatic carbocycles. The first-order valence-electron chi connectivity index (χ1n) is 10.9. The van der Waals surface area contributed by atoms with Crippen LogP contribution in [0.5, 0.6) is 5.75 Å². The Balaban J connectivity index is 1.68. The van der Waals surface area contributed by atoms with Crippen LogP contribution in [-0.2, 0) is 10.3 Å². The minimum atomic E-state index is -1.35. The first-order valence-corrected chi connectivity index (χ1v) is 12.4. The highest BCUT2D eigenvalue weighted by Crippen LogP contribution is 2.47. The van der Waals surface area contributed by atoms with E-state index in [1.165, 1.54) is 9.69 Å². The summed E-state index contributed by atoms with van der Waals surface area (Å²) in [7, 11) is 0. The second-order valence-corrected chi connectivity index (χ2v) is 10.4. The van der Waals surface area contributed by atoms with E-state index >= 15 is 0 Å². The number of aromatic hydroxyl groups is 1. The average Bonchev–Trinajstić information content (AvgIpc) is 3.38. The third-order valence-electron chi connectivity index (χ3n) is 6.70. The third-order valence-corrected chi connectivity index (χ3v) is 7.72. The summed E-state index contributed by atoms with van der Waals surface area (Å²) < 4.78 is 4.94. The van der Waals surface area contributed by atoms with Gasteiger partial charge in [-0.3, -0.25) is 14.3 Å². The van der Waals surface area contributed by atoms with E-state index in [4.69, 9.17) is 0 Å². The molecule has 1 unspecified atom stereocenters. The van der Waals surface area contributed by atoms with Gasteiger partial charge in [0.1, 0.15) is 5.75 Å². The molecule has 4 aromatic rings. The number of benzene rings is 3. The Hall–Kier alpha value is -3.43. The van der Waals surface area contributed by atoms with Gasteiger partial charge in [-0.1, -0.05) is 50.1 Å². The first kappa shape index (κ1) is 22.1. The van der Waals surface area contributed by atoms with Crippen LogP contribution < -0.4 is 10.6 Å². The normalized spacial score (nSPS) is 18.2. The minimum absolute atomic E-state index is 0.00211. The number of phenols is 1. The van der Waals surface area contributed by atoms with Crippen molar-refractivity contribution in [2.75, 3.05) is 5.01 Å². The van der Waals surface area contributed by atoms with Crippen LogP contribution in [0.1, 0.15) is 18.2 Å². The number of aromatic nitrogens is 2. The molecule has 1 atom stereocenters. The van der Waals surface area contributed by atoms with E-state index in [1.807, 2.05) is 42.5 Å². The smallest absolute Gasteiger partial charge is 0.285 e. The zero-order chi connectivity index (χ0) is 24.6. The van der Waals surface area contributed by atoms with Crippen LogP contribution in [0.2, 0.25) is 0 Å². The topological polar surface area (TPSA) is 79.8 Å². The Morgan fingerprint density at radius 1 is 0.914 bits per heavy atom. The molecule has 0 bridgehead atoms. The number of hydrogen-bond donors (Lipinski definition) is 1. The molecule has 1 spiro atoms. The highest BCUT2D eigenvalue weighted by atomic mass is 79.9. The fourth-order valence-electron chi connectivity index (χ4n) is 5.21. The van der Waals surface area contributed by atoms with Gasteiger partial charge in [-0.15, -0.1) is 0 Å². The zero-order valence-corrected chi connectivity index (χ0v) is 21.8. The number of rotatable bonds is 2. The molecule has 2 aliphatic heterocycles. The van der Waals surface area contributed by atoms with Crippen molar-refractivity contribution in [2.45, 2.75) is 19.4 Å². The molecule has 1 amide bonds. The number of carbonyl (C=O) groups is 1. The van der Waals surface area contributed by atoms with Crippen LogP contribution in [0, 0.1) is 6.92 Å². The van der Waals surface area contributed by atoms with Gasteiger partial charge >= 0.3 is 0 Å². The number of carbonyl (C=O) groups excluding carboxylic acids is 1. The van der Waals surface area contributed by atoms with Gasteiger partial charge < -0.3 is 5.11 Å². The summed E-state index contributed by atoms with van der Waals surface area (Å²) >= 11 is 6.97. The predicted molar refractivity (Wildman–Crippen MR) is 141 cm³/mol. The molecule has 35 heavy (non-hydrogen) atoms. The van der Waals surface area contributed by atoms with Gasteiger partial charge in [-0.25, -0.2) is 4.68 Å². The summed E-state index contributed by atoms with van der Waals surface area (Å²) in [6.07, 6.45) is 0. The summed E-state index contributed by atoms with van der Waals surface area (Å²) in [5.74, 6) is -0.285. The van der Waals surface area contributed by atoms with Crippen molar-refractivity contribution in [3.05, 3.63) is 97.3 Å². The van der Waals surface area contributed by atoms with Gasteiger partial charge in [-0.2, -0.15) is 10.1 Å². The third kappa shape index (κ3) is 2.79. The van der Waals surface area contributed by atoms with Crippen molar-refractivity contribution in [1.29, 1.82) is 0 Å². The molecule has 6 rings (SSSR count). The minimum Gasteiger partial charge on any atom is -0.507 e. The Morgan fingerprint density at radius 3 is 2.31 bits per heavy atom. The molecular weight excluding hydrogens is 576 g/mol. The first-order chi connectivity index (χ1) is 16.8. The van der Waals surface area contributed by atoms with Crippen molar-refractivity contribution >= 4 is 49.2 Å². The van der Waals surface area contributed by atoms with E-state index in [-0.39, 0.29) is 17.2 Å². The quantitative estimate of drug-likeness (QED) is 0.341. The molecule has 7 nitrogen and oxygen atoms in total. The molecule has 0 fully saturated rings. The predicted octanol–water partition coefficient (Wildman–Crippen LogP) is 5.32. The van der Waals surface area contributed by atoms with Crippen LogP contribution in [0.4, 0.5) is 5.69 Å². The Bertz CT molecular complexity index is 1650. The number of hydrazone groups is 1. The number of fused-ring (bicyclic) bond motifs is 5. The van der Waals surface area contributed by atoms with Crippen molar-refractivity contribution in [2.24, 2.45) is 5.10 Å². The van der Waals surface area contributed by atoms with E-state index in [0.29, 0.717) is 39.5 Å². The van der Waals surface area contributed by atoms with Crippen molar-refractivity contribution in [1.82, 2.24) is 9.36 Å². The Kier molecular flexibility index (Phi) is 4.75. The summed E-state index contributed by atoms with van der Waals surface area (Å²) in [6.45, 7) is 3.60. The van der Waals surface area contributed by atoms with Crippen LogP contribution in [-0.4, -0.2) is 26.1 Å². The maximum absolute atomic E-state index is 14.3. The Morgan fingerprint density at radius 2 is 1.60 bits per heavy atom. The molecule has 3 aromatic carbocycles. The van der Waals surface area contributed by atoms with Crippen LogP contribution in [0.3, 0.4) is 0 Å². The number of phenolic OH excluding ortho intramolecular Hbond substituents is 1. The van der Waals surface area contributed by atoms with Gasteiger partial charge in [0, 0.05) is 25.8 Å². The second kappa shape index (κ2) is 7.53. The fraction of sp³-hybridized carbons (Fsp3) is 0.115. The molecule has 2 aliphatic rings. The number of hydrogen-bond acceptors (Lipinski definition) is 4. The molecule has 0 saturated heterocycles. The van der Waals surface area contributed by atoms with Crippen LogP contribution in [0.25, 0.3) is 16.8 Å². The van der Waals surface area contributed by atoms with Gasteiger partial charge in [0.05, 0.1) is 22.6 Å². The Labute approximate surface area is 217 Å². The zero-order valence-electron chi connectivity index (χ0n) is 18.7. The standard InChI is InChI=1S/C26H18Br2N4O3/c1-14-23(19-5-3-4-6-22(19)33)24(34)31-21-12-9-17(28)13-20(21)26(32(14)31)15(2)29-30(25(26)35)18-10-7-16(27)8-11-18/h3-13,33H,1-2H3. The van der Waals surface area contributed by atoms with Crippen molar-refractivity contribution in [3.63, 3.8) is 0 Å². The number of anilines is 1. The van der Waals surface area contributed by atoms with Gasteiger partial charge in [0.2, 0.25) is 5.54 Å². The van der Waals surface area contributed by atoms with Crippen molar-refractivity contribution in [3.8, 4) is 22.6 Å². The SMILES string of the molecule is CC1=NN(c2ccc(Br)cc2)C(=O)C12c1cc(Br)ccc1-n1c(=O)c(-c3ccccc3O)c(C)n12. The van der Waals surface area contributed by atoms with E-state index < -0.39 is 5.54 Å². The molecule has 1 N–H and O–H groups in total. The summed E-state index contributed by atoms with van der Waals surface area (Å²) in [6, 6.07) is 19.6. The maximum Gasteiger partial charge on any atom is 0.285 e. The molecule has 174 valence electrons. The maximum atomic E-state index is 14.3. The lowest BCUT2D eigenvalue weighted by Gasteiger charge is -2.27. The second-order valence-electron chi connectivity index (χ2n) is 8.56. The van der Waals surface area contributed by atoms with E-state index in [2.05, 4.69) is 37.0 Å². The number of nitrogens with zero attached hydrogens (tertiary/aromatic N) is 4. The molecule has 0 radical (unpaired) electrons.